The number of likely N-dealkylation sites (tertiary alicyclic amines) is 1. The summed E-state index contributed by atoms with van der Waals surface area (Å²) in [6.07, 6.45) is 3.49. The fourth-order valence-electron chi connectivity index (χ4n) is 4.33. The average Bonchev–Trinajstić information content (AvgIpc) is 3.61. The van der Waals surface area contributed by atoms with Crippen LogP contribution < -0.4 is 0 Å². The number of Topliss-reactive ketones (excluding diaryl/α,β-unsaturated/α-hetero) is 1. The molecule has 0 atom stereocenters. The molecule has 3 heterocycles. The molecule has 5 rings (SSSR count). The van der Waals surface area contributed by atoms with Gasteiger partial charge in [-0.3, -0.25) is 9.69 Å². The van der Waals surface area contributed by atoms with Crippen molar-refractivity contribution in [3.8, 4) is 22.4 Å². The van der Waals surface area contributed by atoms with Crippen LogP contribution in [-0.2, 0) is 13.0 Å². The molecule has 168 valence electrons. The maximum atomic E-state index is 12.3. The number of nitrogens with zero attached hydrogens (tertiary/aromatic N) is 2. The molecule has 0 unspecified atom stereocenters. The molecule has 0 bridgehead atoms. The number of hydrogen-bond acceptors (Lipinski definition) is 5. The van der Waals surface area contributed by atoms with Crippen molar-refractivity contribution in [3.63, 3.8) is 0 Å². The van der Waals surface area contributed by atoms with Crippen molar-refractivity contribution >= 4 is 28.7 Å². The Morgan fingerprint density at radius 3 is 2.52 bits per heavy atom. The predicted molar refractivity (Wildman–Crippen MR) is 134 cm³/mol. The predicted octanol–water partition coefficient (Wildman–Crippen LogP) is 7.13. The lowest BCUT2D eigenvalue weighted by molar-refractivity contribution is 0.0984. The van der Waals surface area contributed by atoms with Crippen molar-refractivity contribution in [2.45, 2.75) is 32.2 Å². The second-order valence-electron chi connectivity index (χ2n) is 8.42. The summed E-state index contributed by atoms with van der Waals surface area (Å²) in [6.45, 7) is 3.38. The summed E-state index contributed by atoms with van der Waals surface area (Å²) in [6, 6.07) is 22.6. The summed E-state index contributed by atoms with van der Waals surface area (Å²) in [4.78, 5) is 15.5. The van der Waals surface area contributed by atoms with Crippen molar-refractivity contribution in [1.29, 1.82) is 0 Å². The minimum absolute atomic E-state index is 0.0711. The Morgan fingerprint density at radius 1 is 1.00 bits per heavy atom. The molecule has 0 aliphatic carbocycles. The van der Waals surface area contributed by atoms with Gasteiger partial charge in [0.05, 0.1) is 9.21 Å². The number of aromatic nitrogens is 1. The van der Waals surface area contributed by atoms with Gasteiger partial charge in [0.2, 0.25) is 0 Å². The number of ketones is 1. The minimum atomic E-state index is 0.0711. The van der Waals surface area contributed by atoms with Crippen molar-refractivity contribution in [1.82, 2.24) is 10.1 Å². The lowest BCUT2D eigenvalue weighted by Crippen LogP contribution is -2.18. The summed E-state index contributed by atoms with van der Waals surface area (Å²) in [5.74, 6) is 0.780. The first kappa shape index (κ1) is 22.1. The molecule has 0 amide bonds. The Morgan fingerprint density at radius 2 is 1.76 bits per heavy atom. The normalized spacial score (nSPS) is 14.1. The molecule has 0 N–H and O–H groups in total. The molecule has 2 aromatic heterocycles. The highest BCUT2D eigenvalue weighted by Gasteiger charge is 2.15. The third-order valence-corrected chi connectivity index (χ3v) is 7.38. The monoisotopic (exact) mass is 476 g/mol. The molecule has 1 aliphatic heterocycles. The Bertz CT molecular complexity index is 1240. The lowest BCUT2D eigenvalue weighted by Gasteiger charge is -2.17. The van der Waals surface area contributed by atoms with E-state index >= 15 is 0 Å². The van der Waals surface area contributed by atoms with Crippen LogP contribution in [0.4, 0.5) is 0 Å². The summed E-state index contributed by atoms with van der Waals surface area (Å²) >= 11 is 7.23. The first-order chi connectivity index (χ1) is 16.2. The zero-order valence-corrected chi connectivity index (χ0v) is 19.9. The van der Waals surface area contributed by atoms with E-state index in [4.69, 9.17) is 16.1 Å². The standard InChI is InChI=1S/C27H25ClN2O2S/c28-27-14-13-26(33-27)25(31)12-11-22-17-24(29-32-22)20-9-7-19(8-10-20)23-6-2-1-5-21(23)18-30-15-3-4-16-30/h1-2,5-10,13-14,17H,3-4,11-12,15-16,18H2. The number of aryl methyl sites for hydroxylation is 1. The van der Waals surface area contributed by atoms with Crippen molar-refractivity contribution in [2.24, 2.45) is 0 Å². The highest BCUT2D eigenvalue weighted by molar-refractivity contribution is 7.18. The van der Waals surface area contributed by atoms with Crippen LogP contribution in [0.3, 0.4) is 0 Å². The molecule has 4 aromatic rings. The molecule has 1 saturated heterocycles. The Kier molecular flexibility index (Phi) is 6.72. The average molecular weight is 477 g/mol. The molecular weight excluding hydrogens is 452 g/mol. The highest BCUT2D eigenvalue weighted by atomic mass is 35.5. The van der Waals surface area contributed by atoms with Gasteiger partial charge in [-0.2, -0.15) is 0 Å². The van der Waals surface area contributed by atoms with Crippen LogP contribution in [-0.4, -0.2) is 28.9 Å². The second kappa shape index (κ2) is 10.0. The van der Waals surface area contributed by atoms with Crippen LogP contribution in [0.5, 0.6) is 0 Å². The first-order valence-corrected chi connectivity index (χ1v) is 12.5. The number of rotatable bonds is 8. The van der Waals surface area contributed by atoms with Gasteiger partial charge in [0.15, 0.2) is 5.78 Å². The van der Waals surface area contributed by atoms with Gasteiger partial charge in [-0.25, -0.2) is 0 Å². The van der Waals surface area contributed by atoms with E-state index in [0.717, 1.165) is 17.8 Å². The van der Waals surface area contributed by atoms with E-state index in [1.165, 1.54) is 54.0 Å². The molecule has 33 heavy (non-hydrogen) atoms. The molecule has 6 heteroatoms. The minimum Gasteiger partial charge on any atom is -0.361 e. The molecular formula is C27H25ClN2O2S. The topological polar surface area (TPSA) is 46.3 Å². The zero-order valence-electron chi connectivity index (χ0n) is 18.3. The number of carbonyl (C=O) groups excluding carboxylic acids is 1. The van der Waals surface area contributed by atoms with E-state index in [2.05, 4.69) is 58.6 Å². The van der Waals surface area contributed by atoms with Crippen LogP contribution >= 0.6 is 22.9 Å². The molecule has 0 spiro atoms. The maximum absolute atomic E-state index is 12.3. The highest BCUT2D eigenvalue weighted by Crippen LogP contribution is 2.29. The fourth-order valence-corrected chi connectivity index (χ4v) is 5.34. The summed E-state index contributed by atoms with van der Waals surface area (Å²) in [7, 11) is 0. The first-order valence-electron chi connectivity index (χ1n) is 11.3. The summed E-state index contributed by atoms with van der Waals surface area (Å²) < 4.78 is 6.12. The molecule has 4 nitrogen and oxygen atoms in total. The van der Waals surface area contributed by atoms with E-state index in [-0.39, 0.29) is 5.78 Å². The van der Waals surface area contributed by atoms with Gasteiger partial charge >= 0.3 is 0 Å². The van der Waals surface area contributed by atoms with Crippen LogP contribution in [0.1, 0.15) is 40.3 Å². The van der Waals surface area contributed by atoms with E-state index < -0.39 is 0 Å². The van der Waals surface area contributed by atoms with Gasteiger partial charge in [-0.1, -0.05) is 65.3 Å². The van der Waals surface area contributed by atoms with E-state index in [0.29, 0.717) is 27.8 Å². The Labute approximate surface area is 202 Å². The summed E-state index contributed by atoms with van der Waals surface area (Å²) in [5, 5.41) is 4.22. The molecule has 1 aliphatic rings. The Balaban J connectivity index is 1.26. The third kappa shape index (κ3) is 5.27. The third-order valence-electron chi connectivity index (χ3n) is 6.11. The van der Waals surface area contributed by atoms with Gasteiger partial charge in [0.1, 0.15) is 11.5 Å². The largest absolute Gasteiger partial charge is 0.361 e. The lowest BCUT2D eigenvalue weighted by atomic mass is 9.97. The van der Waals surface area contributed by atoms with Gasteiger partial charge in [0.25, 0.3) is 0 Å². The molecule has 1 fully saturated rings. The van der Waals surface area contributed by atoms with Crippen molar-refractivity contribution in [2.75, 3.05) is 13.1 Å². The molecule has 0 saturated carbocycles. The SMILES string of the molecule is O=C(CCc1cc(-c2ccc(-c3ccccc3CN3CCCC3)cc2)no1)c1ccc(Cl)s1. The van der Waals surface area contributed by atoms with Crippen LogP contribution in [0, 0.1) is 0 Å². The smallest absolute Gasteiger partial charge is 0.173 e. The Hall–Kier alpha value is -2.73. The number of thiophene rings is 1. The van der Waals surface area contributed by atoms with Crippen LogP contribution in [0.2, 0.25) is 4.34 Å². The van der Waals surface area contributed by atoms with Crippen LogP contribution in [0.15, 0.2) is 71.3 Å². The van der Waals surface area contributed by atoms with Gasteiger partial charge in [0, 0.05) is 31.0 Å². The van der Waals surface area contributed by atoms with E-state index in [1.54, 1.807) is 12.1 Å². The zero-order chi connectivity index (χ0) is 22.6. The number of hydrogen-bond donors (Lipinski definition) is 0. The summed E-state index contributed by atoms with van der Waals surface area (Å²) in [5.41, 5.74) is 5.64. The molecule has 0 radical (unpaired) electrons. The number of halogens is 1. The number of benzene rings is 2. The quantitative estimate of drug-likeness (QED) is 0.254. The van der Waals surface area contributed by atoms with Gasteiger partial charge in [-0.05, 0) is 54.8 Å². The van der Waals surface area contributed by atoms with Crippen molar-refractivity contribution in [3.05, 3.63) is 87.3 Å². The van der Waals surface area contributed by atoms with E-state index in [1.807, 2.05) is 6.07 Å². The van der Waals surface area contributed by atoms with Crippen LogP contribution in [0.25, 0.3) is 22.4 Å². The second-order valence-corrected chi connectivity index (χ2v) is 10.1. The fraction of sp³-hybridized carbons (Fsp3) is 0.259. The van der Waals surface area contributed by atoms with Crippen molar-refractivity contribution < 1.29 is 9.32 Å². The maximum Gasteiger partial charge on any atom is 0.173 e. The molecule has 2 aromatic carbocycles. The number of carbonyl (C=O) groups is 1. The van der Waals surface area contributed by atoms with Gasteiger partial charge < -0.3 is 4.52 Å². The van der Waals surface area contributed by atoms with Gasteiger partial charge in [-0.15, -0.1) is 11.3 Å². The van der Waals surface area contributed by atoms with E-state index in [9.17, 15) is 4.79 Å².